The van der Waals surface area contributed by atoms with E-state index in [0.29, 0.717) is 24.6 Å². The zero-order valence-electron chi connectivity index (χ0n) is 13.4. The molecule has 4 rings (SSSR count). The Morgan fingerprint density at radius 2 is 1.88 bits per heavy atom. The summed E-state index contributed by atoms with van der Waals surface area (Å²) < 4.78 is 11.7. The van der Waals surface area contributed by atoms with Crippen LogP contribution in [0.25, 0.3) is 22.6 Å². The first-order chi connectivity index (χ1) is 11.3. The third-order valence-corrected chi connectivity index (χ3v) is 4.41. The van der Waals surface area contributed by atoms with Gasteiger partial charge in [0, 0.05) is 11.6 Å². The minimum atomic E-state index is 0. The van der Waals surface area contributed by atoms with Gasteiger partial charge in [-0.15, -0.1) is 12.4 Å². The Morgan fingerprint density at radius 3 is 2.58 bits per heavy atom. The van der Waals surface area contributed by atoms with Crippen molar-refractivity contribution >= 4 is 23.5 Å². The van der Waals surface area contributed by atoms with E-state index in [-0.39, 0.29) is 12.4 Å². The molecule has 0 saturated heterocycles. The van der Waals surface area contributed by atoms with Crippen molar-refractivity contribution in [3.05, 3.63) is 54.1 Å². The lowest BCUT2D eigenvalue weighted by atomic mass is 10.1. The second kappa shape index (κ2) is 7.34. The molecule has 0 radical (unpaired) electrons. The number of benzene rings is 2. The molecule has 126 valence electrons. The van der Waals surface area contributed by atoms with Crippen molar-refractivity contribution in [1.29, 1.82) is 0 Å². The zero-order chi connectivity index (χ0) is 15.6. The van der Waals surface area contributed by atoms with Gasteiger partial charge in [0.05, 0.1) is 12.7 Å². The molecule has 2 N–H and O–H groups in total. The standard InChI is InChI=1S/C19H20N2O2.ClH/c20-15-9-10-16(11-15)22-12-13-5-7-14(8-6-13)19-21-17-3-1-2-4-18(17)23-19;/h1-8,15-16H,9-12,20H2;1H/t15-,16-;/m0./s1. The summed E-state index contributed by atoms with van der Waals surface area (Å²) in [5.74, 6) is 0.653. The van der Waals surface area contributed by atoms with Crippen molar-refractivity contribution in [3.63, 3.8) is 0 Å². The maximum absolute atomic E-state index is 5.93. The van der Waals surface area contributed by atoms with Crippen LogP contribution in [0, 0.1) is 0 Å². The van der Waals surface area contributed by atoms with Crippen molar-refractivity contribution in [2.45, 2.75) is 38.0 Å². The normalized spacial score (nSPS) is 20.2. The van der Waals surface area contributed by atoms with Gasteiger partial charge in [-0.3, -0.25) is 0 Å². The topological polar surface area (TPSA) is 61.3 Å². The van der Waals surface area contributed by atoms with E-state index in [1.54, 1.807) is 0 Å². The Morgan fingerprint density at radius 1 is 1.08 bits per heavy atom. The summed E-state index contributed by atoms with van der Waals surface area (Å²) in [6.45, 7) is 0.630. The number of para-hydroxylation sites is 2. The van der Waals surface area contributed by atoms with E-state index in [1.807, 2.05) is 36.4 Å². The summed E-state index contributed by atoms with van der Waals surface area (Å²) in [5, 5.41) is 0. The third-order valence-electron chi connectivity index (χ3n) is 4.41. The molecule has 2 atom stereocenters. The summed E-state index contributed by atoms with van der Waals surface area (Å²) in [4.78, 5) is 4.52. The molecule has 1 heterocycles. The molecule has 1 saturated carbocycles. The number of rotatable bonds is 4. The van der Waals surface area contributed by atoms with Crippen LogP contribution in [0.3, 0.4) is 0 Å². The van der Waals surface area contributed by atoms with Gasteiger partial charge in [0.25, 0.3) is 0 Å². The van der Waals surface area contributed by atoms with Gasteiger partial charge in [-0.25, -0.2) is 4.98 Å². The average molecular weight is 345 g/mol. The van der Waals surface area contributed by atoms with Gasteiger partial charge in [-0.05, 0) is 49.1 Å². The highest BCUT2D eigenvalue weighted by atomic mass is 35.5. The highest BCUT2D eigenvalue weighted by Gasteiger charge is 2.22. The average Bonchev–Trinajstić information content (AvgIpc) is 3.19. The van der Waals surface area contributed by atoms with Crippen LogP contribution >= 0.6 is 12.4 Å². The maximum Gasteiger partial charge on any atom is 0.227 e. The van der Waals surface area contributed by atoms with Crippen molar-refractivity contribution in [2.24, 2.45) is 5.73 Å². The first-order valence-corrected chi connectivity index (χ1v) is 8.10. The molecule has 1 aromatic heterocycles. The highest BCUT2D eigenvalue weighted by molar-refractivity contribution is 5.85. The fraction of sp³-hybridized carbons (Fsp3) is 0.316. The van der Waals surface area contributed by atoms with E-state index in [2.05, 4.69) is 17.1 Å². The molecule has 24 heavy (non-hydrogen) atoms. The van der Waals surface area contributed by atoms with Crippen LogP contribution in [0.1, 0.15) is 24.8 Å². The van der Waals surface area contributed by atoms with Crippen LogP contribution in [0.5, 0.6) is 0 Å². The summed E-state index contributed by atoms with van der Waals surface area (Å²) in [7, 11) is 0. The predicted octanol–water partition coefficient (Wildman–Crippen LogP) is 4.31. The number of hydrogen-bond donors (Lipinski definition) is 1. The Balaban J connectivity index is 0.00000169. The minimum Gasteiger partial charge on any atom is -0.436 e. The van der Waals surface area contributed by atoms with Crippen LogP contribution in [-0.4, -0.2) is 17.1 Å². The Hall–Kier alpha value is -1.88. The number of ether oxygens (including phenoxy) is 1. The molecule has 1 aliphatic carbocycles. The molecule has 1 fully saturated rings. The molecular formula is C19H21ClN2O2. The van der Waals surface area contributed by atoms with Crippen molar-refractivity contribution in [3.8, 4) is 11.5 Å². The fourth-order valence-electron chi connectivity index (χ4n) is 3.08. The monoisotopic (exact) mass is 344 g/mol. The van der Waals surface area contributed by atoms with Gasteiger partial charge in [0.1, 0.15) is 5.52 Å². The molecule has 0 spiro atoms. The van der Waals surface area contributed by atoms with E-state index in [1.165, 1.54) is 0 Å². The van der Waals surface area contributed by atoms with Gasteiger partial charge in [0.15, 0.2) is 5.58 Å². The molecule has 2 aromatic carbocycles. The molecule has 0 unspecified atom stereocenters. The molecule has 5 heteroatoms. The first-order valence-electron chi connectivity index (χ1n) is 8.10. The fourth-order valence-corrected chi connectivity index (χ4v) is 3.08. The molecule has 0 aliphatic heterocycles. The zero-order valence-corrected chi connectivity index (χ0v) is 14.2. The van der Waals surface area contributed by atoms with Crippen molar-refractivity contribution in [1.82, 2.24) is 4.98 Å². The summed E-state index contributed by atoms with van der Waals surface area (Å²) >= 11 is 0. The summed E-state index contributed by atoms with van der Waals surface area (Å²) in [6.07, 6.45) is 3.42. The number of aromatic nitrogens is 1. The lowest BCUT2D eigenvalue weighted by molar-refractivity contribution is 0.0448. The Labute approximate surface area is 147 Å². The third kappa shape index (κ3) is 3.61. The lowest BCUT2D eigenvalue weighted by Gasteiger charge is -2.11. The second-order valence-corrected chi connectivity index (χ2v) is 6.19. The van der Waals surface area contributed by atoms with Gasteiger partial charge in [-0.2, -0.15) is 0 Å². The number of hydrogen-bond acceptors (Lipinski definition) is 4. The molecule has 3 aromatic rings. The molecule has 0 amide bonds. The molecular weight excluding hydrogens is 324 g/mol. The van der Waals surface area contributed by atoms with Crippen LogP contribution in [0.15, 0.2) is 52.9 Å². The van der Waals surface area contributed by atoms with Crippen molar-refractivity contribution in [2.75, 3.05) is 0 Å². The van der Waals surface area contributed by atoms with Gasteiger partial charge in [-0.1, -0.05) is 24.3 Å². The van der Waals surface area contributed by atoms with Crippen LogP contribution in [0.4, 0.5) is 0 Å². The Bertz CT molecular complexity index is 767. The predicted molar refractivity (Wildman–Crippen MR) is 97.1 cm³/mol. The van der Waals surface area contributed by atoms with Crippen LogP contribution in [0.2, 0.25) is 0 Å². The SMILES string of the molecule is Cl.N[C@H]1CC[C@H](OCc2ccc(-c3nc4ccccc4o3)cc2)C1. The highest BCUT2D eigenvalue weighted by Crippen LogP contribution is 2.25. The number of nitrogens with two attached hydrogens (primary N) is 1. The minimum absolute atomic E-state index is 0. The van der Waals surface area contributed by atoms with Crippen LogP contribution in [-0.2, 0) is 11.3 Å². The van der Waals surface area contributed by atoms with Crippen LogP contribution < -0.4 is 5.73 Å². The largest absolute Gasteiger partial charge is 0.436 e. The summed E-state index contributed by atoms with van der Waals surface area (Å²) in [5.41, 5.74) is 9.74. The van der Waals surface area contributed by atoms with E-state index >= 15 is 0 Å². The second-order valence-electron chi connectivity index (χ2n) is 6.19. The number of oxazole rings is 1. The number of fused-ring (bicyclic) bond motifs is 1. The maximum atomic E-state index is 5.93. The quantitative estimate of drug-likeness (QED) is 0.766. The lowest BCUT2D eigenvalue weighted by Crippen LogP contribution is -2.17. The van der Waals surface area contributed by atoms with Gasteiger partial charge < -0.3 is 14.9 Å². The first kappa shape index (κ1) is 17.0. The van der Waals surface area contributed by atoms with Gasteiger partial charge >= 0.3 is 0 Å². The number of nitrogens with zero attached hydrogens (tertiary/aromatic N) is 1. The van der Waals surface area contributed by atoms with E-state index in [9.17, 15) is 0 Å². The van der Waals surface area contributed by atoms with Gasteiger partial charge in [0.2, 0.25) is 5.89 Å². The molecule has 4 nitrogen and oxygen atoms in total. The number of halogens is 1. The Kier molecular flexibility index (Phi) is 5.19. The molecule has 1 aliphatic rings. The van der Waals surface area contributed by atoms with Crippen molar-refractivity contribution < 1.29 is 9.15 Å². The van der Waals surface area contributed by atoms with E-state index < -0.39 is 0 Å². The molecule has 0 bridgehead atoms. The van der Waals surface area contributed by atoms with E-state index in [0.717, 1.165) is 41.5 Å². The summed E-state index contributed by atoms with van der Waals surface area (Å²) in [6, 6.07) is 16.3. The smallest absolute Gasteiger partial charge is 0.227 e. The van der Waals surface area contributed by atoms with E-state index in [4.69, 9.17) is 14.9 Å².